The molecule has 0 bridgehead atoms. The molecule has 0 saturated carbocycles. The number of hydrogen-bond donors (Lipinski definition) is 2. The number of anilines is 3. The quantitative estimate of drug-likeness (QED) is 0.823. The van der Waals surface area contributed by atoms with Crippen LogP contribution >= 0.6 is 0 Å². The summed E-state index contributed by atoms with van der Waals surface area (Å²) in [5, 5.41) is 9.51. The van der Waals surface area contributed by atoms with Gasteiger partial charge in [0.2, 0.25) is 11.9 Å². The first-order valence-corrected chi connectivity index (χ1v) is 8.05. The fourth-order valence-corrected chi connectivity index (χ4v) is 2.69. The number of hydrogen-bond acceptors (Lipinski definition) is 6. The van der Waals surface area contributed by atoms with Gasteiger partial charge in [-0.1, -0.05) is 0 Å². The molecule has 0 spiro atoms. The summed E-state index contributed by atoms with van der Waals surface area (Å²) >= 11 is 0. The summed E-state index contributed by atoms with van der Waals surface area (Å²) in [7, 11) is 4.65. The van der Waals surface area contributed by atoms with Gasteiger partial charge < -0.3 is 15.5 Å². The van der Waals surface area contributed by atoms with E-state index in [-0.39, 0.29) is 17.7 Å². The molecule has 2 heterocycles. The molecule has 0 radical (unpaired) electrons. The highest BCUT2D eigenvalue weighted by atomic mass is 19.4. The molecular weight excluding hydrogens is 363 g/mol. The van der Waals surface area contributed by atoms with Crippen molar-refractivity contribution in [1.82, 2.24) is 24.6 Å². The second-order valence-corrected chi connectivity index (χ2v) is 6.64. The van der Waals surface area contributed by atoms with Crippen molar-refractivity contribution in [3.8, 4) is 0 Å². The lowest BCUT2D eigenvalue weighted by atomic mass is 10.0. The lowest BCUT2D eigenvalue weighted by molar-refractivity contribution is -0.138. The molecule has 8 nitrogen and oxygen atoms in total. The number of rotatable bonds is 5. The first kappa shape index (κ1) is 20.5. The molecule has 2 aromatic heterocycles. The van der Waals surface area contributed by atoms with Crippen LogP contribution in [0.2, 0.25) is 0 Å². The lowest BCUT2D eigenvalue weighted by Crippen LogP contribution is -2.44. The third-order valence-corrected chi connectivity index (χ3v) is 4.05. The molecule has 0 fully saturated rings. The van der Waals surface area contributed by atoms with Crippen LogP contribution in [-0.4, -0.2) is 51.7 Å². The number of carbonyl (C=O) groups excluding carboxylic acids is 1. The van der Waals surface area contributed by atoms with Crippen LogP contribution in [0, 0.1) is 6.92 Å². The van der Waals surface area contributed by atoms with E-state index in [0.29, 0.717) is 17.6 Å². The number of alkyl halides is 3. The summed E-state index contributed by atoms with van der Waals surface area (Å²) in [6, 6.07) is 0. The Morgan fingerprint density at radius 3 is 2.37 bits per heavy atom. The van der Waals surface area contributed by atoms with Crippen LogP contribution < -0.4 is 10.6 Å². The fourth-order valence-electron chi connectivity index (χ4n) is 2.69. The van der Waals surface area contributed by atoms with E-state index in [0.717, 1.165) is 0 Å². The highest BCUT2D eigenvalue weighted by molar-refractivity contribution is 5.83. The molecule has 0 unspecified atom stereocenters. The van der Waals surface area contributed by atoms with Crippen molar-refractivity contribution in [2.45, 2.75) is 32.5 Å². The van der Waals surface area contributed by atoms with Crippen molar-refractivity contribution in [1.29, 1.82) is 0 Å². The number of halogens is 3. The van der Waals surface area contributed by atoms with Gasteiger partial charge in [-0.15, -0.1) is 0 Å². The van der Waals surface area contributed by atoms with Crippen LogP contribution in [0.15, 0.2) is 12.4 Å². The maximum absolute atomic E-state index is 12.9. The van der Waals surface area contributed by atoms with Crippen LogP contribution in [0.25, 0.3) is 0 Å². The SMILES string of the molecule is CNc1nc(Nc2cnn(C(C)(C)C(=O)N(C)C)c2C)ncc1C(F)(F)F. The number of nitrogens with one attached hydrogen (secondary N) is 2. The van der Waals surface area contributed by atoms with Gasteiger partial charge >= 0.3 is 6.18 Å². The molecule has 0 aromatic carbocycles. The van der Waals surface area contributed by atoms with Gasteiger partial charge in [0.25, 0.3) is 0 Å². The van der Waals surface area contributed by atoms with Crippen molar-refractivity contribution in [3.63, 3.8) is 0 Å². The number of aromatic nitrogens is 4. The van der Waals surface area contributed by atoms with Crippen LogP contribution in [-0.2, 0) is 16.5 Å². The van der Waals surface area contributed by atoms with Gasteiger partial charge in [-0.3, -0.25) is 9.48 Å². The standard InChI is InChI=1S/C16H22F3N7O/c1-9-11(8-22-26(9)15(2,3)13(27)25(5)6)23-14-21-7-10(16(17,18)19)12(20-4)24-14/h7-8H,1-6H3,(H2,20,21,23,24). The Morgan fingerprint density at radius 2 is 1.85 bits per heavy atom. The molecule has 0 saturated heterocycles. The highest BCUT2D eigenvalue weighted by Gasteiger charge is 2.36. The average molecular weight is 385 g/mol. The summed E-state index contributed by atoms with van der Waals surface area (Å²) in [5.41, 5.74) is -0.799. The summed E-state index contributed by atoms with van der Waals surface area (Å²) in [5.74, 6) is -0.511. The van der Waals surface area contributed by atoms with Gasteiger partial charge in [-0.05, 0) is 20.8 Å². The monoisotopic (exact) mass is 385 g/mol. The molecule has 27 heavy (non-hydrogen) atoms. The molecule has 0 aliphatic carbocycles. The first-order valence-electron chi connectivity index (χ1n) is 8.05. The predicted octanol–water partition coefficient (Wildman–Crippen LogP) is 2.61. The van der Waals surface area contributed by atoms with Gasteiger partial charge in [0.05, 0.1) is 17.6 Å². The molecular formula is C16H22F3N7O. The highest BCUT2D eigenvalue weighted by Crippen LogP contribution is 2.34. The van der Waals surface area contributed by atoms with Gasteiger partial charge in [0.1, 0.15) is 16.9 Å². The zero-order chi connectivity index (χ0) is 20.6. The van der Waals surface area contributed by atoms with Crippen molar-refractivity contribution >= 4 is 23.4 Å². The first-order chi connectivity index (χ1) is 12.4. The van der Waals surface area contributed by atoms with E-state index < -0.39 is 17.3 Å². The third kappa shape index (κ3) is 3.96. The Kier molecular flexibility index (Phi) is 5.34. The number of nitrogens with zero attached hydrogens (tertiary/aromatic N) is 5. The molecule has 2 N–H and O–H groups in total. The topological polar surface area (TPSA) is 88.0 Å². The molecule has 2 rings (SSSR count). The fraction of sp³-hybridized carbons (Fsp3) is 0.500. The van der Waals surface area contributed by atoms with Crippen LogP contribution in [0.3, 0.4) is 0 Å². The minimum absolute atomic E-state index is 0.0215. The minimum atomic E-state index is -4.56. The molecule has 1 amide bonds. The van der Waals surface area contributed by atoms with E-state index in [1.54, 1.807) is 39.5 Å². The number of amides is 1. The van der Waals surface area contributed by atoms with Crippen LogP contribution in [0.4, 0.5) is 30.6 Å². The van der Waals surface area contributed by atoms with E-state index in [9.17, 15) is 18.0 Å². The van der Waals surface area contributed by atoms with Crippen molar-refractivity contribution in [2.24, 2.45) is 0 Å². The van der Waals surface area contributed by atoms with Gasteiger partial charge in [0, 0.05) is 27.3 Å². The van der Waals surface area contributed by atoms with E-state index in [1.807, 2.05) is 0 Å². The summed E-state index contributed by atoms with van der Waals surface area (Å²) < 4.78 is 40.4. The zero-order valence-corrected chi connectivity index (χ0v) is 15.9. The van der Waals surface area contributed by atoms with Crippen LogP contribution in [0.1, 0.15) is 25.1 Å². The van der Waals surface area contributed by atoms with Crippen molar-refractivity contribution in [2.75, 3.05) is 31.8 Å². The lowest BCUT2D eigenvalue weighted by Gasteiger charge is -2.28. The third-order valence-electron chi connectivity index (χ3n) is 4.05. The maximum Gasteiger partial charge on any atom is 0.421 e. The Hall–Kier alpha value is -2.85. The molecule has 11 heteroatoms. The van der Waals surface area contributed by atoms with E-state index in [4.69, 9.17) is 0 Å². The Morgan fingerprint density at radius 1 is 1.22 bits per heavy atom. The molecule has 0 aliphatic rings. The van der Waals surface area contributed by atoms with Crippen molar-refractivity contribution < 1.29 is 18.0 Å². The second kappa shape index (κ2) is 7.05. The smallest absolute Gasteiger partial charge is 0.372 e. The molecule has 0 atom stereocenters. The summed E-state index contributed by atoms with van der Waals surface area (Å²) in [6.07, 6.45) is -2.38. The Labute approximate surface area is 154 Å². The number of likely N-dealkylation sites (N-methyl/N-ethyl adjacent to an activating group) is 1. The molecule has 148 valence electrons. The molecule has 0 aliphatic heterocycles. The van der Waals surface area contributed by atoms with E-state index in [2.05, 4.69) is 25.7 Å². The largest absolute Gasteiger partial charge is 0.421 e. The van der Waals surface area contributed by atoms with Gasteiger partial charge in [-0.25, -0.2) is 4.98 Å². The van der Waals surface area contributed by atoms with E-state index >= 15 is 0 Å². The van der Waals surface area contributed by atoms with Gasteiger partial charge in [-0.2, -0.15) is 23.3 Å². The summed E-state index contributed by atoms with van der Waals surface area (Å²) in [4.78, 5) is 21.5. The normalized spacial score (nSPS) is 12.0. The van der Waals surface area contributed by atoms with Gasteiger partial charge in [0.15, 0.2) is 0 Å². The Balaban J connectivity index is 2.35. The zero-order valence-electron chi connectivity index (χ0n) is 15.9. The van der Waals surface area contributed by atoms with Crippen molar-refractivity contribution in [3.05, 3.63) is 23.7 Å². The average Bonchev–Trinajstić information content (AvgIpc) is 2.94. The molecule has 2 aromatic rings. The predicted molar refractivity (Wildman–Crippen MR) is 94.8 cm³/mol. The maximum atomic E-state index is 12.9. The Bertz CT molecular complexity index is 843. The minimum Gasteiger partial charge on any atom is -0.372 e. The second-order valence-electron chi connectivity index (χ2n) is 6.64. The number of carbonyl (C=O) groups is 1. The summed E-state index contributed by atoms with van der Waals surface area (Å²) in [6.45, 7) is 5.20. The van der Waals surface area contributed by atoms with E-state index in [1.165, 1.54) is 18.1 Å². The van der Waals surface area contributed by atoms with Crippen LogP contribution in [0.5, 0.6) is 0 Å².